The van der Waals surface area contributed by atoms with Crippen LogP contribution in [0.2, 0.25) is 0 Å². The summed E-state index contributed by atoms with van der Waals surface area (Å²) in [5.41, 5.74) is 0. The molecule has 0 bridgehead atoms. The summed E-state index contributed by atoms with van der Waals surface area (Å²) >= 11 is 0. The van der Waals surface area contributed by atoms with Crippen LogP contribution in [0, 0.1) is 5.92 Å². The van der Waals surface area contributed by atoms with Gasteiger partial charge in [-0.3, -0.25) is 4.79 Å². The first kappa shape index (κ1) is 24.4. The topological polar surface area (TPSA) is 103 Å². The van der Waals surface area contributed by atoms with Gasteiger partial charge in [-0.25, -0.2) is 8.42 Å². The minimum Gasteiger partial charge on any atom is -0.493 e. The Balaban J connectivity index is 1.82. The molecule has 1 aliphatic heterocycles. The van der Waals surface area contributed by atoms with E-state index in [1.54, 1.807) is 13.2 Å². The molecule has 0 aliphatic carbocycles. The van der Waals surface area contributed by atoms with Crippen molar-refractivity contribution >= 4 is 15.9 Å². The van der Waals surface area contributed by atoms with Gasteiger partial charge in [0.1, 0.15) is 0 Å². The molecule has 0 spiro atoms. The van der Waals surface area contributed by atoms with Gasteiger partial charge in [0.2, 0.25) is 15.9 Å². The molecule has 1 saturated heterocycles. The van der Waals surface area contributed by atoms with Crippen molar-refractivity contribution in [1.82, 2.24) is 9.62 Å². The van der Waals surface area contributed by atoms with E-state index in [-0.39, 0.29) is 16.7 Å². The molecule has 170 valence electrons. The van der Waals surface area contributed by atoms with Crippen LogP contribution in [-0.2, 0) is 24.3 Å². The van der Waals surface area contributed by atoms with Crippen LogP contribution in [0.5, 0.6) is 11.5 Å². The van der Waals surface area contributed by atoms with Gasteiger partial charge in [-0.1, -0.05) is 0 Å². The lowest BCUT2D eigenvalue weighted by Gasteiger charge is -2.30. The van der Waals surface area contributed by atoms with Gasteiger partial charge in [-0.15, -0.1) is 0 Å². The molecule has 1 aromatic rings. The minimum atomic E-state index is -3.66. The molecule has 1 heterocycles. The third-order valence-corrected chi connectivity index (χ3v) is 6.91. The Hall–Kier alpha value is -1.88. The maximum atomic E-state index is 13.0. The third kappa shape index (κ3) is 6.56. The van der Waals surface area contributed by atoms with E-state index in [1.807, 2.05) is 0 Å². The van der Waals surface area contributed by atoms with Gasteiger partial charge in [0.05, 0.1) is 32.3 Å². The van der Waals surface area contributed by atoms with Crippen LogP contribution in [-0.4, -0.2) is 79.4 Å². The first-order valence-corrected chi connectivity index (χ1v) is 11.4. The smallest absolute Gasteiger partial charge is 0.243 e. The molecule has 1 amide bonds. The monoisotopic (exact) mass is 444 g/mol. The first-order chi connectivity index (χ1) is 14.4. The van der Waals surface area contributed by atoms with Crippen LogP contribution >= 0.6 is 0 Å². The van der Waals surface area contributed by atoms with Crippen molar-refractivity contribution in [2.75, 3.05) is 60.8 Å². The number of hydrogen-bond acceptors (Lipinski definition) is 7. The number of sulfonamides is 1. The summed E-state index contributed by atoms with van der Waals surface area (Å²) in [6.45, 7) is 2.79. The van der Waals surface area contributed by atoms with Crippen LogP contribution in [0.4, 0.5) is 0 Å². The number of methoxy groups -OCH3 is 3. The molecule has 2 rings (SSSR count). The lowest BCUT2D eigenvalue weighted by atomic mass is 9.97. The molecule has 9 nitrogen and oxygen atoms in total. The number of nitrogens with zero attached hydrogens (tertiary/aromatic N) is 1. The molecule has 1 aliphatic rings. The van der Waals surface area contributed by atoms with Gasteiger partial charge < -0.3 is 24.3 Å². The van der Waals surface area contributed by atoms with Gasteiger partial charge in [-0.2, -0.15) is 4.31 Å². The normalized spacial score (nSPS) is 15.7. The molecule has 0 atom stereocenters. The average molecular weight is 445 g/mol. The Morgan fingerprint density at radius 2 is 1.77 bits per heavy atom. The number of carbonyl (C=O) groups is 1. The van der Waals surface area contributed by atoms with Gasteiger partial charge in [0.25, 0.3) is 0 Å². The molecule has 1 fully saturated rings. The number of hydrogen-bond donors (Lipinski definition) is 1. The van der Waals surface area contributed by atoms with E-state index in [4.69, 9.17) is 18.9 Å². The van der Waals surface area contributed by atoms with E-state index in [2.05, 4.69) is 5.32 Å². The summed E-state index contributed by atoms with van der Waals surface area (Å²) in [5.74, 6) is 0.612. The number of nitrogens with one attached hydrogen (secondary N) is 1. The van der Waals surface area contributed by atoms with E-state index < -0.39 is 10.0 Å². The maximum absolute atomic E-state index is 13.0. The van der Waals surface area contributed by atoms with Crippen molar-refractivity contribution in [3.05, 3.63) is 18.2 Å². The van der Waals surface area contributed by atoms with Crippen molar-refractivity contribution in [2.24, 2.45) is 5.92 Å². The van der Waals surface area contributed by atoms with Crippen molar-refractivity contribution < 1.29 is 32.2 Å². The molecule has 1 aromatic carbocycles. The van der Waals surface area contributed by atoms with E-state index in [0.717, 1.165) is 6.42 Å². The fourth-order valence-electron chi connectivity index (χ4n) is 3.26. The second kappa shape index (κ2) is 12.1. The number of rotatable bonds is 12. The molecule has 0 aromatic heterocycles. The van der Waals surface area contributed by atoms with Gasteiger partial charge in [0.15, 0.2) is 11.5 Å². The number of benzene rings is 1. The number of amides is 1. The van der Waals surface area contributed by atoms with E-state index in [1.165, 1.54) is 30.7 Å². The molecule has 0 saturated carbocycles. The number of ether oxygens (including phenoxy) is 4. The number of carbonyl (C=O) groups excluding carboxylic acids is 1. The molecule has 30 heavy (non-hydrogen) atoms. The predicted molar refractivity (Wildman–Crippen MR) is 111 cm³/mol. The fraction of sp³-hybridized carbons (Fsp3) is 0.650. The fourth-order valence-corrected chi connectivity index (χ4v) is 4.74. The lowest BCUT2D eigenvalue weighted by molar-refractivity contribution is -0.126. The summed E-state index contributed by atoms with van der Waals surface area (Å²) in [6.07, 6.45) is 1.70. The Bertz CT molecular complexity index is 777. The van der Waals surface area contributed by atoms with Gasteiger partial charge in [0, 0.05) is 45.3 Å². The second-order valence-electron chi connectivity index (χ2n) is 6.94. The predicted octanol–water partition coefficient (Wildman–Crippen LogP) is 1.27. The molecule has 0 radical (unpaired) electrons. The van der Waals surface area contributed by atoms with Crippen molar-refractivity contribution in [3.8, 4) is 11.5 Å². The quantitative estimate of drug-likeness (QED) is 0.484. The van der Waals surface area contributed by atoms with Crippen molar-refractivity contribution in [3.63, 3.8) is 0 Å². The molecule has 10 heteroatoms. The third-order valence-electron chi connectivity index (χ3n) is 5.01. The summed E-state index contributed by atoms with van der Waals surface area (Å²) in [5, 5.41) is 2.91. The molecular formula is C20H32N2O7S. The Labute approximate surface area is 178 Å². The Morgan fingerprint density at radius 3 is 2.40 bits per heavy atom. The zero-order chi connectivity index (χ0) is 22.0. The minimum absolute atomic E-state index is 0.0324. The summed E-state index contributed by atoms with van der Waals surface area (Å²) < 4.78 is 48.0. The molecule has 1 N–H and O–H groups in total. The van der Waals surface area contributed by atoms with Gasteiger partial charge in [-0.05, 0) is 31.4 Å². The van der Waals surface area contributed by atoms with E-state index >= 15 is 0 Å². The highest BCUT2D eigenvalue weighted by Crippen LogP contribution is 2.31. The summed E-state index contributed by atoms with van der Waals surface area (Å²) in [6, 6.07) is 4.54. The van der Waals surface area contributed by atoms with Crippen LogP contribution in [0.1, 0.15) is 19.3 Å². The van der Waals surface area contributed by atoms with Crippen LogP contribution in [0.25, 0.3) is 0 Å². The Kier molecular flexibility index (Phi) is 9.83. The van der Waals surface area contributed by atoms with Crippen molar-refractivity contribution in [1.29, 1.82) is 0 Å². The average Bonchev–Trinajstić information content (AvgIpc) is 2.77. The largest absolute Gasteiger partial charge is 0.493 e. The van der Waals surface area contributed by atoms with Crippen LogP contribution in [0.3, 0.4) is 0 Å². The van der Waals surface area contributed by atoms with E-state index in [0.29, 0.717) is 63.8 Å². The van der Waals surface area contributed by atoms with Gasteiger partial charge >= 0.3 is 0 Å². The zero-order valence-electron chi connectivity index (χ0n) is 17.9. The molecular weight excluding hydrogens is 412 g/mol. The number of piperidine rings is 1. The van der Waals surface area contributed by atoms with Crippen molar-refractivity contribution in [2.45, 2.75) is 24.2 Å². The highest BCUT2D eigenvalue weighted by molar-refractivity contribution is 7.89. The van der Waals surface area contributed by atoms with Crippen LogP contribution < -0.4 is 14.8 Å². The zero-order valence-corrected chi connectivity index (χ0v) is 18.7. The first-order valence-electron chi connectivity index (χ1n) is 10.0. The summed E-state index contributed by atoms with van der Waals surface area (Å²) in [7, 11) is 0.916. The highest BCUT2D eigenvalue weighted by atomic mass is 32.2. The SMILES string of the molecule is COCCOCCCNC(=O)C1CCN(S(=O)(=O)c2ccc(OC)c(OC)c2)CC1. The second-order valence-corrected chi connectivity index (χ2v) is 8.88. The maximum Gasteiger partial charge on any atom is 0.243 e. The molecule has 0 unspecified atom stereocenters. The van der Waals surface area contributed by atoms with Crippen LogP contribution in [0.15, 0.2) is 23.1 Å². The highest BCUT2D eigenvalue weighted by Gasteiger charge is 2.32. The Morgan fingerprint density at radius 1 is 1.07 bits per heavy atom. The lowest BCUT2D eigenvalue weighted by Crippen LogP contribution is -2.43. The van der Waals surface area contributed by atoms with E-state index in [9.17, 15) is 13.2 Å². The standard InChI is InChI=1S/C20H32N2O7S/c1-26-13-14-29-12-4-9-21-20(23)16-7-10-22(11-8-16)30(24,25)17-5-6-18(27-2)19(15-17)28-3/h5-6,15-16H,4,7-14H2,1-3H3,(H,21,23). The summed E-state index contributed by atoms with van der Waals surface area (Å²) in [4.78, 5) is 12.5.